The highest BCUT2D eigenvalue weighted by Crippen LogP contribution is 2.32. The molecule has 1 aromatic carbocycles. The van der Waals surface area contributed by atoms with Crippen LogP contribution < -0.4 is 0 Å². The third-order valence-electron chi connectivity index (χ3n) is 3.62. The topological polar surface area (TPSA) is 29.4 Å². The molecule has 126 valence electrons. The molecule has 0 spiro atoms. The number of hydrogen-bond acceptors (Lipinski definition) is 3. The number of Topliss-reactive ketones (excluding diaryl/α,β-unsaturated/α-hetero) is 1. The van der Waals surface area contributed by atoms with Gasteiger partial charge in [0.15, 0.2) is 0 Å². The molecule has 0 amide bonds. The second-order valence-corrected chi connectivity index (χ2v) is 7.02. The maximum Gasteiger partial charge on any atom is 0.416 e. The Morgan fingerprint density at radius 3 is 2.74 bits per heavy atom. The number of hydrogen-bond donors (Lipinski definition) is 0. The summed E-state index contributed by atoms with van der Waals surface area (Å²) in [6, 6.07) is 5.53. The number of carbonyl (C=O) groups is 1. The zero-order valence-electron chi connectivity index (χ0n) is 13.2. The highest BCUT2D eigenvalue weighted by atomic mass is 32.2. The lowest BCUT2D eigenvalue weighted by molar-refractivity contribution is -0.137. The van der Waals surface area contributed by atoms with E-state index in [0.717, 1.165) is 11.1 Å². The van der Waals surface area contributed by atoms with Crippen LogP contribution in [0.4, 0.5) is 13.2 Å². The SMILES string of the molecule is CC(C)N=C1SCC(=O)CCC1Cc1cccc(C(F)(F)F)c1. The summed E-state index contributed by atoms with van der Waals surface area (Å²) in [6.07, 6.45) is -2.74. The van der Waals surface area contributed by atoms with Crippen molar-refractivity contribution in [2.24, 2.45) is 10.9 Å². The van der Waals surface area contributed by atoms with Crippen molar-refractivity contribution in [1.29, 1.82) is 0 Å². The van der Waals surface area contributed by atoms with Crippen molar-refractivity contribution in [3.05, 3.63) is 35.4 Å². The molecule has 1 aliphatic rings. The van der Waals surface area contributed by atoms with Crippen LogP contribution >= 0.6 is 11.8 Å². The molecule has 2 nitrogen and oxygen atoms in total. The first-order valence-corrected chi connectivity index (χ1v) is 8.62. The van der Waals surface area contributed by atoms with Crippen molar-refractivity contribution in [2.45, 2.75) is 45.3 Å². The highest BCUT2D eigenvalue weighted by molar-refractivity contribution is 8.14. The minimum Gasteiger partial charge on any atom is -0.299 e. The Morgan fingerprint density at radius 1 is 1.35 bits per heavy atom. The first-order chi connectivity index (χ1) is 10.8. The number of aliphatic imine (C=N–C) groups is 1. The Hall–Kier alpha value is -1.30. The number of carbonyl (C=O) groups excluding carboxylic acids is 1. The van der Waals surface area contributed by atoms with Gasteiger partial charge in [-0.1, -0.05) is 18.2 Å². The van der Waals surface area contributed by atoms with Crippen LogP contribution in [0, 0.1) is 5.92 Å². The van der Waals surface area contributed by atoms with Crippen LogP contribution in [0.2, 0.25) is 0 Å². The molecule has 1 saturated heterocycles. The second-order valence-electron chi connectivity index (χ2n) is 6.03. The predicted molar refractivity (Wildman–Crippen MR) is 87.9 cm³/mol. The summed E-state index contributed by atoms with van der Waals surface area (Å²) >= 11 is 1.44. The minimum absolute atomic E-state index is 0.0114. The first kappa shape index (κ1) is 18.0. The number of alkyl halides is 3. The van der Waals surface area contributed by atoms with Crippen molar-refractivity contribution in [3.63, 3.8) is 0 Å². The molecule has 0 bridgehead atoms. The zero-order valence-corrected chi connectivity index (χ0v) is 14.0. The zero-order chi connectivity index (χ0) is 17.0. The van der Waals surface area contributed by atoms with Gasteiger partial charge in [0.05, 0.1) is 16.4 Å². The van der Waals surface area contributed by atoms with E-state index in [0.29, 0.717) is 30.6 Å². The van der Waals surface area contributed by atoms with Gasteiger partial charge in [-0.05, 0) is 38.3 Å². The predicted octanol–water partition coefficient (Wildman–Crippen LogP) is 4.77. The van der Waals surface area contributed by atoms with E-state index in [9.17, 15) is 18.0 Å². The van der Waals surface area contributed by atoms with Gasteiger partial charge in [0.2, 0.25) is 0 Å². The summed E-state index contributed by atoms with van der Waals surface area (Å²) in [6.45, 7) is 3.92. The lowest BCUT2D eigenvalue weighted by atomic mass is 9.94. The van der Waals surface area contributed by atoms with Gasteiger partial charge >= 0.3 is 6.18 Å². The van der Waals surface area contributed by atoms with Gasteiger partial charge in [-0.15, -0.1) is 11.8 Å². The van der Waals surface area contributed by atoms with Crippen molar-refractivity contribution in [1.82, 2.24) is 0 Å². The van der Waals surface area contributed by atoms with Crippen LogP contribution in [0.5, 0.6) is 0 Å². The molecule has 0 aliphatic carbocycles. The summed E-state index contributed by atoms with van der Waals surface area (Å²) in [4.78, 5) is 16.3. The Balaban J connectivity index is 2.23. The Morgan fingerprint density at radius 2 is 2.09 bits per heavy atom. The molecular formula is C17H20F3NOS. The molecule has 0 saturated carbocycles. The standard InChI is InChI=1S/C17H20F3NOS/c1-11(2)21-16-13(6-7-15(22)10-23-16)8-12-4-3-5-14(9-12)17(18,19)20/h3-5,9,11,13H,6-8,10H2,1-2H3. The van der Waals surface area contributed by atoms with Crippen molar-refractivity contribution >= 4 is 22.6 Å². The average molecular weight is 343 g/mol. The quantitative estimate of drug-likeness (QED) is 0.791. The molecular weight excluding hydrogens is 323 g/mol. The van der Waals surface area contributed by atoms with Crippen molar-refractivity contribution in [2.75, 3.05) is 5.75 Å². The largest absolute Gasteiger partial charge is 0.416 e. The first-order valence-electron chi connectivity index (χ1n) is 7.64. The molecule has 1 heterocycles. The summed E-state index contributed by atoms with van der Waals surface area (Å²) < 4.78 is 38.5. The van der Waals surface area contributed by atoms with Gasteiger partial charge < -0.3 is 0 Å². The van der Waals surface area contributed by atoms with E-state index in [2.05, 4.69) is 4.99 Å². The summed E-state index contributed by atoms with van der Waals surface area (Å²) in [7, 11) is 0. The smallest absolute Gasteiger partial charge is 0.299 e. The molecule has 1 aromatic rings. The van der Waals surface area contributed by atoms with E-state index in [4.69, 9.17) is 0 Å². The van der Waals surface area contributed by atoms with E-state index in [-0.39, 0.29) is 17.7 Å². The minimum atomic E-state index is -4.33. The van der Waals surface area contributed by atoms with Crippen LogP contribution in [-0.2, 0) is 17.4 Å². The molecule has 0 N–H and O–H groups in total. The van der Waals surface area contributed by atoms with Crippen LogP contribution in [0.15, 0.2) is 29.3 Å². The van der Waals surface area contributed by atoms with Crippen LogP contribution in [0.25, 0.3) is 0 Å². The van der Waals surface area contributed by atoms with Crippen LogP contribution in [0.3, 0.4) is 0 Å². The van der Waals surface area contributed by atoms with E-state index < -0.39 is 11.7 Å². The summed E-state index contributed by atoms with van der Waals surface area (Å²) in [5.74, 6) is 0.598. The molecule has 1 atom stereocenters. The monoisotopic (exact) mass is 343 g/mol. The number of rotatable bonds is 3. The maximum atomic E-state index is 12.8. The highest BCUT2D eigenvalue weighted by Gasteiger charge is 2.31. The third kappa shape index (κ3) is 5.37. The fourth-order valence-electron chi connectivity index (χ4n) is 2.55. The van der Waals surface area contributed by atoms with Gasteiger partial charge in [0.25, 0.3) is 0 Å². The van der Waals surface area contributed by atoms with Crippen LogP contribution in [0.1, 0.15) is 37.8 Å². The number of benzene rings is 1. The van der Waals surface area contributed by atoms with E-state index in [1.54, 1.807) is 6.07 Å². The third-order valence-corrected chi connectivity index (χ3v) is 4.82. The number of halogens is 3. The molecule has 6 heteroatoms. The van der Waals surface area contributed by atoms with Gasteiger partial charge in [-0.2, -0.15) is 13.2 Å². The molecule has 1 unspecified atom stereocenters. The van der Waals surface area contributed by atoms with Gasteiger partial charge in [-0.25, -0.2) is 0 Å². The Kier molecular flexibility index (Phi) is 5.89. The number of nitrogens with zero attached hydrogens (tertiary/aromatic N) is 1. The van der Waals surface area contributed by atoms with E-state index in [1.807, 2.05) is 13.8 Å². The molecule has 0 radical (unpaired) electrons. The van der Waals surface area contributed by atoms with E-state index in [1.165, 1.54) is 23.9 Å². The number of ketones is 1. The normalized spacial score (nSPS) is 21.7. The molecule has 23 heavy (non-hydrogen) atoms. The van der Waals surface area contributed by atoms with E-state index >= 15 is 0 Å². The summed E-state index contributed by atoms with van der Waals surface area (Å²) in [5, 5.41) is 0.892. The lowest BCUT2D eigenvalue weighted by Crippen LogP contribution is -2.16. The Bertz CT molecular complexity index is 596. The fraction of sp³-hybridized carbons (Fsp3) is 0.529. The fourth-order valence-corrected chi connectivity index (χ4v) is 3.72. The van der Waals surface area contributed by atoms with Crippen LogP contribution in [-0.4, -0.2) is 22.6 Å². The molecule has 2 rings (SSSR count). The van der Waals surface area contributed by atoms with Gasteiger partial charge in [0, 0.05) is 18.4 Å². The van der Waals surface area contributed by atoms with Gasteiger partial charge in [0.1, 0.15) is 5.78 Å². The Labute approximate surface area is 138 Å². The van der Waals surface area contributed by atoms with Crippen molar-refractivity contribution < 1.29 is 18.0 Å². The molecule has 0 aromatic heterocycles. The summed E-state index contributed by atoms with van der Waals surface area (Å²) in [5.41, 5.74) is 0.00549. The lowest BCUT2D eigenvalue weighted by Gasteiger charge is -2.18. The molecule has 1 fully saturated rings. The second kappa shape index (κ2) is 7.51. The number of thioether (sulfide) groups is 1. The molecule has 1 aliphatic heterocycles. The van der Waals surface area contributed by atoms with Gasteiger partial charge in [-0.3, -0.25) is 9.79 Å². The maximum absolute atomic E-state index is 12.8. The van der Waals surface area contributed by atoms with Crippen molar-refractivity contribution in [3.8, 4) is 0 Å². The average Bonchev–Trinajstić information content (AvgIpc) is 2.62.